The van der Waals surface area contributed by atoms with Crippen LogP contribution in [0.5, 0.6) is 0 Å². The van der Waals surface area contributed by atoms with Crippen LogP contribution < -0.4 is 11.1 Å². The first kappa shape index (κ1) is 13.9. The fraction of sp³-hybridized carbons (Fsp3) is 0.333. The first-order valence-electron chi connectivity index (χ1n) is 5.25. The highest BCUT2D eigenvalue weighted by Gasteiger charge is 2.11. The molecule has 1 aromatic carbocycles. The maximum Gasteiger partial charge on any atom is 0.251 e. The third-order valence-corrected chi connectivity index (χ3v) is 3.13. The molecule has 17 heavy (non-hydrogen) atoms. The summed E-state index contributed by atoms with van der Waals surface area (Å²) in [7, 11) is 0. The normalized spacial score (nSPS) is 11.9. The van der Waals surface area contributed by atoms with Gasteiger partial charge in [0.05, 0.1) is 4.99 Å². The van der Waals surface area contributed by atoms with Crippen LogP contribution in [0.25, 0.3) is 0 Å². The summed E-state index contributed by atoms with van der Waals surface area (Å²) in [5.41, 5.74) is 6.93. The number of amides is 1. The van der Waals surface area contributed by atoms with Gasteiger partial charge in [0.2, 0.25) is 0 Å². The summed E-state index contributed by atoms with van der Waals surface area (Å²) in [6.07, 6.45) is 0. The minimum absolute atomic E-state index is 0.0124. The molecule has 0 aliphatic rings. The smallest absolute Gasteiger partial charge is 0.251 e. The van der Waals surface area contributed by atoms with Crippen molar-refractivity contribution in [2.45, 2.75) is 13.8 Å². The highest BCUT2D eigenvalue weighted by Crippen LogP contribution is 2.15. The van der Waals surface area contributed by atoms with Gasteiger partial charge in [-0.3, -0.25) is 4.79 Å². The maximum atomic E-state index is 11.9. The van der Waals surface area contributed by atoms with Crippen molar-refractivity contribution in [2.24, 2.45) is 11.7 Å². The van der Waals surface area contributed by atoms with E-state index in [-0.39, 0.29) is 11.8 Å². The second-order valence-corrected chi connectivity index (χ2v) is 4.88. The highest BCUT2D eigenvalue weighted by molar-refractivity contribution is 7.80. The molecule has 1 unspecified atom stereocenters. The van der Waals surface area contributed by atoms with Gasteiger partial charge in [0.15, 0.2) is 0 Å². The Balaban J connectivity index is 2.67. The van der Waals surface area contributed by atoms with Gasteiger partial charge in [0.25, 0.3) is 5.91 Å². The number of hydrogen-bond donors (Lipinski definition) is 2. The Bertz CT molecular complexity index is 448. The maximum absolute atomic E-state index is 11.9. The summed E-state index contributed by atoms with van der Waals surface area (Å²) < 4.78 is 0. The van der Waals surface area contributed by atoms with Crippen molar-refractivity contribution in [2.75, 3.05) is 6.54 Å². The van der Waals surface area contributed by atoms with Crippen molar-refractivity contribution in [3.05, 3.63) is 34.3 Å². The molecule has 0 aliphatic carbocycles. The molecule has 0 aromatic heterocycles. The third-order valence-electron chi connectivity index (χ3n) is 2.49. The molecule has 0 bridgehead atoms. The van der Waals surface area contributed by atoms with E-state index < -0.39 is 0 Å². The van der Waals surface area contributed by atoms with Crippen molar-refractivity contribution in [3.8, 4) is 0 Å². The molecule has 0 radical (unpaired) electrons. The van der Waals surface area contributed by atoms with E-state index in [4.69, 9.17) is 29.6 Å². The second-order valence-electron chi connectivity index (χ2n) is 3.97. The Morgan fingerprint density at radius 1 is 1.59 bits per heavy atom. The minimum atomic E-state index is -0.137. The number of halogens is 1. The number of nitrogens with two attached hydrogens (primary N) is 1. The molecular weight excluding hydrogens is 256 g/mol. The van der Waals surface area contributed by atoms with Crippen LogP contribution in [-0.4, -0.2) is 17.4 Å². The Kier molecular flexibility index (Phi) is 4.90. The molecular formula is C12H15ClN2OS. The van der Waals surface area contributed by atoms with Crippen LogP contribution in [-0.2, 0) is 0 Å². The Morgan fingerprint density at radius 3 is 2.76 bits per heavy atom. The molecule has 1 aromatic rings. The number of benzene rings is 1. The SMILES string of the molecule is Cc1cc(Cl)ccc1C(=O)NCC(C)C(N)=S. The summed E-state index contributed by atoms with van der Waals surface area (Å²) >= 11 is 10.7. The standard InChI is InChI=1S/C12H15ClN2OS/c1-7-5-9(13)3-4-10(7)12(16)15-6-8(2)11(14)17/h3-5,8H,6H2,1-2H3,(H2,14,17)(H,15,16). The lowest BCUT2D eigenvalue weighted by Crippen LogP contribution is -2.33. The molecule has 3 nitrogen and oxygen atoms in total. The van der Waals surface area contributed by atoms with E-state index in [2.05, 4.69) is 5.32 Å². The van der Waals surface area contributed by atoms with Crippen molar-refractivity contribution in [1.29, 1.82) is 0 Å². The summed E-state index contributed by atoms with van der Waals surface area (Å²) in [5.74, 6) is -0.149. The van der Waals surface area contributed by atoms with Gasteiger partial charge in [0, 0.05) is 23.0 Å². The predicted molar refractivity (Wildman–Crippen MR) is 74.5 cm³/mol. The lowest BCUT2D eigenvalue weighted by Gasteiger charge is -2.12. The molecule has 0 aliphatic heterocycles. The Hall–Kier alpha value is -1.13. The topological polar surface area (TPSA) is 55.1 Å². The van der Waals surface area contributed by atoms with Crippen LogP contribution in [0.2, 0.25) is 5.02 Å². The van der Waals surface area contributed by atoms with E-state index in [1.807, 2.05) is 13.8 Å². The summed E-state index contributed by atoms with van der Waals surface area (Å²) in [6.45, 7) is 4.16. The fourth-order valence-corrected chi connectivity index (χ4v) is 1.63. The zero-order valence-corrected chi connectivity index (χ0v) is 11.4. The van der Waals surface area contributed by atoms with Gasteiger partial charge in [-0.25, -0.2) is 0 Å². The van der Waals surface area contributed by atoms with Gasteiger partial charge in [-0.2, -0.15) is 0 Å². The number of nitrogens with one attached hydrogen (secondary N) is 1. The van der Waals surface area contributed by atoms with Crippen LogP contribution in [0.15, 0.2) is 18.2 Å². The molecule has 1 rings (SSSR count). The average Bonchev–Trinajstić information content (AvgIpc) is 2.25. The molecule has 0 saturated heterocycles. The quantitative estimate of drug-likeness (QED) is 0.826. The number of carbonyl (C=O) groups excluding carboxylic acids is 1. The number of rotatable bonds is 4. The second kappa shape index (κ2) is 5.98. The molecule has 1 atom stereocenters. The van der Waals surface area contributed by atoms with Gasteiger partial charge in [0.1, 0.15) is 0 Å². The molecule has 0 heterocycles. The molecule has 3 N–H and O–H groups in total. The van der Waals surface area contributed by atoms with Crippen LogP contribution in [0.1, 0.15) is 22.8 Å². The average molecular weight is 271 g/mol. The van der Waals surface area contributed by atoms with E-state index in [0.29, 0.717) is 22.1 Å². The summed E-state index contributed by atoms with van der Waals surface area (Å²) in [4.78, 5) is 12.3. The van der Waals surface area contributed by atoms with Gasteiger partial charge < -0.3 is 11.1 Å². The van der Waals surface area contributed by atoms with Crippen LogP contribution >= 0.6 is 23.8 Å². The Labute approximate surface area is 111 Å². The van der Waals surface area contributed by atoms with Crippen molar-refractivity contribution in [1.82, 2.24) is 5.32 Å². The summed E-state index contributed by atoms with van der Waals surface area (Å²) in [6, 6.07) is 5.16. The molecule has 92 valence electrons. The number of hydrogen-bond acceptors (Lipinski definition) is 2. The largest absolute Gasteiger partial charge is 0.393 e. The summed E-state index contributed by atoms with van der Waals surface area (Å²) in [5, 5.41) is 3.41. The van der Waals surface area contributed by atoms with Crippen LogP contribution in [0.3, 0.4) is 0 Å². The highest BCUT2D eigenvalue weighted by atomic mass is 35.5. The Morgan fingerprint density at radius 2 is 2.24 bits per heavy atom. The first-order chi connectivity index (χ1) is 7.91. The van der Waals surface area contributed by atoms with E-state index >= 15 is 0 Å². The first-order valence-corrected chi connectivity index (χ1v) is 6.04. The zero-order chi connectivity index (χ0) is 13.0. The molecule has 5 heteroatoms. The van der Waals surface area contributed by atoms with Gasteiger partial charge in [-0.15, -0.1) is 0 Å². The monoisotopic (exact) mass is 270 g/mol. The molecule has 0 spiro atoms. The van der Waals surface area contributed by atoms with E-state index in [0.717, 1.165) is 5.56 Å². The van der Waals surface area contributed by atoms with Gasteiger partial charge in [-0.05, 0) is 30.7 Å². The third kappa shape index (κ3) is 3.98. The van der Waals surface area contributed by atoms with Crippen LogP contribution in [0, 0.1) is 12.8 Å². The van der Waals surface area contributed by atoms with E-state index in [1.54, 1.807) is 18.2 Å². The molecule has 1 amide bonds. The predicted octanol–water partition coefficient (Wildman–Crippen LogP) is 2.30. The van der Waals surface area contributed by atoms with Crippen molar-refractivity contribution in [3.63, 3.8) is 0 Å². The minimum Gasteiger partial charge on any atom is -0.393 e. The van der Waals surface area contributed by atoms with Crippen molar-refractivity contribution >= 4 is 34.7 Å². The van der Waals surface area contributed by atoms with Crippen LogP contribution in [0.4, 0.5) is 0 Å². The number of aryl methyl sites for hydroxylation is 1. The van der Waals surface area contributed by atoms with Crippen molar-refractivity contribution < 1.29 is 4.79 Å². The van der Waals surface area contributed by atoms with Gasteiger partial charge in [-0.1, -0.05) is 30.7 Å². The number of thiocarbonyl (C=S) groups is 1. The molecule has 0 saturated carbocycles. The lowest BCUT2D eigenvalue weighted by atomic mass is 10.1. The lowest BCUT2D eigenvalue weighted by molar-refractivity contribution is 0.0950. The number of carbonyl (C=O) groups is 1. The fourth-order valence-electron chi connectivity index (χ4n) is 1.32. The van der Waals surface area contributed by atoms with E-state index in [1.165, 1.54) is 0 Å². The van der Waals surface area contributed by atoms with E-state index in [9.17, 15) is 4.79 Å². The van der Waals surface area contributed by atoms with Gasteiger partial charge >= 0.3 is 0 Å². The zero-order valence-electron chi connectivity index (χ0n) is 9.79. The molecule has 0 fully saturated rings.